The highest BCUT2D eigenvalue weighted by Crippen LogP contribution is 2.78. The van der Waals surface area contributed by atoms with E-state index in [9.17, 15) is 9.59 Å². The average molecular weight is 348 g/mol. The number of benzene rings is 1. The van der Waals surface area contributed by atoms with Gasteiger partial charge in [0.1, 0.15) is 5.75 Å². The maximum absolute atomic E-state index is 13.1. The Bertz CT molecular complexity index is 864. The van der Waals surface area contributed by atoms with Crippen LogP contribution in [0.25, 0.3) is 0 Å². The first-order valence-electron chi connectivity index (χ1n) is 9.61. The smallest absolute Gasteiger partial charge is 0.160 e. The standard InChI is InChI=1S/C23H24O3/c1-21-11-3-4-12-22(21)13-14-23(21,15-5-7-16(26-2)8-6-15)20-18(25)10-9-17(24)19(20)22/h5-10,13-14,19-20H,3-4,11-12H2,1-2H3/t19-,20+,21-,22-,23+/m0/s1. The van der Waals surface area contributed by atoms with Crippen LogP contribution in [0.5, 0.6) is 5.75 Å². The Labute approximate surface area is 154 Å². The summed E-state index contributed by atoms with van der Waals surface area (Å²) in [7, 11) is 1.66. The van der Waals surface area contributed by atoms with Crippen LogP contribution in [0.3, 0.4) is 0 Å². The van der Waals surface area contributed by atoms with E-state index < -0.39 is 5.41 Å². The summed E-state index contributed by atoms with van der Waals surface area (Å²) < 4.78 is 5.33. The Kier molecular flexibility index (Phi) is 3.06. The van der Waals surface area contributed by atoms with E-state index in [0.29, 0.717) is 0 Å². The van der Waals surface area contributed by atoms with E-state index >= 15 is 0 Å². The van der Waals surface area contributed by atoms with Crippen LogP contribution in [0.1, 0.15) is 38.2 Å². The predicted octanol–water partition coefficient (Wildman–Crippen LogP) is 4.02. The normalized spacial score (nSPS) is 42.7. The van der Waals surface area contributed by atoms with Gasteiger partial charge in [0.2, 0.25) is 0 Å². The lowest BCUT2D eigenvalue weighted by Gasteiger charge is -2.50. The number of ether oxygens (including phenoxy) is 1. The minimum atomic E-state index is -0.401. The van der Waals surface area contributed by atoms with Crippen LogP contribution in [-0.2, 0) is 15.0 Å². The minimum Gasteiger partial charge on any atom is -0.497 e. The van der Waals surface area contributed by atoms with Crippen molar-refractivity contribution < 1.29 is 14.3 Å². The summed E-state index contributed by atoms with van der Waals surface area (Å²) >= 11 is 0. The van der Waals surface area contributed by atoms with Crippen molar-refractivity contribution in [1.29, 1.82) is 0 Å². The zero-order valence-electron chi connectivity index (χ0n) is 15.3. The zero-order chi connectivity index (χ0) is 18.2. The van der Waals surface area contributed by atoms with Gasteiger partial charge in [-0.05, 0) is 48.1 Å². The molecule has 134 valence electrons. The van der Waals surface area contributed by atoms with Crippen molar-refractivity contribution in [2.75, 3.05) is 7.11 Å². The van der Waals surface area contributed by atoms with Crippen molar-refractivity contribution >= 4 is 11.6 Å². The first kappa shape index (κ1) is 16.0. The van der Waals surface area contributed by atoms with E-state index in [-0.39, 0.29) is 34.2 Å². The van der Waals surface area contributed by atoms with E-state index in [1.165, 1.54) is 12.2 Å². The van der Waals surface area contributed by atoms with Gasteiger partial charge in [-0.3, -0.25) is 9.59 Å². The maximum atomic E-state index is 13.1. The molecule has 2 bridgehead atoms. The lowest BCUT2D eigenvalue weighted by molar-refractivity contribution is -0.131. The van der Waals surface area contributed by atoms with Crippen molar-refractivity contribution in [3.05, 3.63) is 54.1 Å². The van der Waals surface area contributed by atoms with Gasteiger partial charge >= 0.3 is 0 Å². The van der Waals surface area contributed by atoms with Crippen molar-refractivity contribution in [1.82, 2.24) is 0 Å². The molecule has 4 aliphatic rings. The molecule has 3 nitrogen and oxygen atoms in total. The second-order valence-corrected chi connectivity index (χ2v) is 8.60. The highest BCUT2D eigenvalue weighted by atomic mass is 16.5. The number of ketones is 2. The molecule has 3 heteroatoms. The molecule has 0 aromatic heterocycles. The Morgan fingerprint density at radius 3 is 2.27 bits per heavy atom. The third-order valence-corrected chi connectivity index (χ3v) is 8.07. The SMILES string of the molecule is COc1ccc([C@@]23C=C[C@@]4(CCCC[C@@]42C)[C@H]2C(=O)C=CC(=O)[C@H]23)cc1. The average Bonchev–Trinajstić information content (AvgIpc) is 3.06. The molecule has 2 fully saturated rings. The van der Waals surface area contributed by atoms with Gasteiger partial charge in [0.25, 0.3) is 0 Å². The Balaban J connectivity index is 1.79. The predicted molar refractivity (Wildman–Crippen MR) is 99.0 cm³/mol. The quantitative estimate of drug-likeness (QED) is 0.758. The molecule has 0 heterocycles. The summed E-state index contributed by atoms with van der Waals surface area (Å²) in [4.78, 5) is 26.1. The van der Waals surface area contributed by atoms with Gasteiger partial charge in [-0.15, -0.1) is 0 Å². The molecule has 2 saturated carbocycles. The molecule has 0 unspecified atom stereocenters. The summed E-state index contributed by atoms with van der Waals surface area (Å²) in [5, 5.41) is 0. The number of allylic oxidation sites excluding steroid dienone is 4. The largest absolute Gasteiger partial charge is 0.497 e. The highest BCUT2D eigenvalue weighted by Gasteiger charge is 2.78. The molecule has 1 aromatic rings. The molecular weight excluding hydrogens is 324 g/mol. The van der Waals surface area contributed by atoms with E-state index in [1.54, 1.807) is 7.11 Å². The summed E-state index contributed by atoms with van der Waals surface area (Å²) in [6, 6.07) is 8.14. The van der Waals surface area contributed by atoms with Gasteiger partial charge in [0.05, 0.1) is 7.11 Å². The number of carbonyl (C=O) groups excluding carboxylic acids is 2. The van der Waals surface area contributed by atoms with Gasteiger partial charge in [0.15, 0.2) is 11.6 Å². The van der Waals surface area contributed by atoms with Crippen LogP contribution in [0.15, 0.2) is 48.6 Å². The topological polar surface area (TPSA) is 43.4 Å². The lowest BCUT2D eigenvalue weighted by atomic mass is 9.52. The fourth-order valence-electron chi connectivity index (χ4n) is 6.98. The third kappa shape index (κ3) is 1.53. The van der Waals surface area contributed by atoms with Crippen LogP contribution in [0.2, 0.25) is 0 Å². The van der Waals surface area contributed by atoms with Crippen LogP contribution in [-0.4, -0.2) is 18.7 Å². The summed E-state index contributed by atoms with van der Waals surface area (Å²) in [5.74, 6) is 0.582. The van der Waals surface area contributed by atoms with Gasteiger partial charge in [-0.2, -0.15) is 0 Å². The second-order valence-electron chi connectivity index (χ2n) is 8.60. The third-order valence-electron chi connectivity index (χ3n) is 8.07. The minimum absolute atomic E-state index is 0.0977. The molecular formula is C23H24O3. The molecule has 26 heavy (non-hydrogen) atoms. The second kappa shape index (κ2) is 4.97. The molecule has 0 saturated heterocycles. The number of fused-ring (bicyclic) bond motifs is 2. The number of hydrogen-bond acceptors (Lipinski definition) is 3. The van der Waals surface area contributed by atoms with Gasteiger partial charge in [-0.25, -0.2) is 0 Å². The van der Waals surface area contributed by atoms with Crippen LogP contribution < -0.4 is 4.74 Å². The summed E-state index contributed by atoms with van der Waals surface area (Å²) in [6.07, 6.45) is 12.0. The molecule has 0 amide bonds. The molecule has 5 rings (SSSR count). The van der Waals surface area contributed by atoms with Crippen molar-refractivity contribution in [3.63, 3.8) is 0 Å². The van der Waals surface area contributed by atoms with E-state index in [0.717, 1.165) is 37.0 Å². The van der Waals surface area contributed by atoms with Gasteiger partial charge in [0, 0.05) is 22.7 Å². The lowest BCUT2D eigenvalue weighted by Crippen LogP contribution is -2.47. The van der Waals surface area contributed by atoms with Crippen molar-refractivity contribution in [2.24, 2.45) is 22.7 Å². The molecule has 0 spiro atoms. The monoisotopic (exact) mass is 348 g/mol. The van der Waals surface area contributed by atoms with Crippen molar-refractivity contribution in [2.45, 2.75) is 38.0 Å². The fourth-order valence-corrected chi connectivity index (χ4v) is 6.98. The Morgan fingerprint density at radius 2 is 1.58 bits per heavy atom. The van der Waals surface area contributed by atoms with E-state index in [4.69, 9.17) is 4.74 Å². The van der Waals surface area contributed by atoms with Crippen LogP contribution in [0.4, 0.5) is 0 Å². The highest BCUT2D eigenvalue weighted by molar-refractivity contribution is 6.10. The first-order valence-corrected chi connectivity index (χ1v) is 9.61. The maximum Gasteiger partial charge on any atom is 0.160 e. The van der Waals surface area contributed by atoms with Crippen LogP contribution >= 0.6 is 0 Å². The fraction of sp³-hybridized carbons (Fsp3) is 0.478. The molecule has 5 atom stereocenters. The summed E-state index contributed by atoms with van der Waals surface area (Å²) in [6.45, 7) is 2.33. The van der Waals surface area contributed by atoms with E-state index in [2.05, 4.69) is 31.2 Å². The Hall–Kier alpha value is -2.16. The number of rotatable bonds is 2. The van der Waals surface area contributed by atoms with Gasteiger partial charge in [-0.1, -0.05) is 44.1 Å². The number of hydrogen-bond donors (Lipinski definition) is 0. The molecule has 1 aromatic carbocycles. The number of methoxy groups -OCH3 is 1. The molecule has 0 radical (unpaired) electrons. The molecule has 4 aliphatic carbocycles. The summed E-state index contributed by atoms with van der Waals surface area (Å²) in [5.41, 5.74) is 0.458. The van der Waals surface area contributed by atoms with Crippen LogP contribution in [0, 0.1) is 22.7 Å². The van der Waals surface area contributed by atoms with Crippen molar-refractivity contribution in [3.8, 4) is 5.75 Å². The van der Waals surface area contributed by atoms with E-state index in [1.807, 2.05) is 12.1 Å². The molecule has 0 N–H and O–H groups in total. The number of carbonyl (C=O) groups is 2. The Morgan fingerprint density at radius 1 is 0.923 bits per heavy atom. The molecule has 0 aliphatic heterocycles. The first-order chi connectivity index (χ1) is 12.5. The zero-order valence-corrected chi connectivity index (χ0v) is 15.3. The van der Waals surface area contributed by atoms with Gasteiger partial charge < -0.3 is 4.74 Å².